The van der Waals surface area contributed by atoms with E-state index in [-0.39, 0.29) is 49.8 Å². The average molecular weight is 652 g/mol. The van der Waals surface area contributed by atoms with Crippen molar-refractivity contribution >= 4 is 23.9 Å². The van der Waals surface area contributed by atoms with Crippen LogP contribution in [0.3, 0.4) is 0 Å². The Morgan fingerprint density at radius 1 is 1.20 bits per heavy atom. The molecule has 2 aromatic rings. The van der Waals surface area contributed by atoms with E-state index in [1.54, 1.807) is 6.29 Å². The van der Waals surface area contributed by atoms with Gasteiger partial charge in [-0.15, -0.1) is 0 Å². The van der Waals surface area contributed by atoms with Gasteiger partial charge in [0.2, 0.25) is 0 Å². The van der Waals surface area contributed by atoms with E-state index >= 15 is 0 Å². The van der Waals surface area contributed by atoms with Gasteiger partial charge in [0.15, 0.2) is 5.69 Å². The molecule has 4 N–H and O–H groups in total. The Balaban J connectivity index is 0. The summed E-state index contributed by atoms with van der Waals surface area (Å²) in [6.45, 7) is 4.00. The van der Waals surface area contributed by atoms with Gasteiger partial charge in [0.25, 0.3) is 0 Å². The summed E-state index contributed by atoms with van der Waals surface area (Å²) in [7, 11) is 1.37. The van der Waals surface area contributed by atoms with Crippen LogP contribution in [0.15, 0.2) is 41.4 Å². The zero-order chi connectivity index (χ0) is 21.3. The fraction of sp³-hybridized carbons (Fsp3) is 0.250. The van der Waals surface area contributed by atoms with Gasteiger partial charge in [0, 0.05) is 18.0 Å². The van der Waals surface area contributed by atoms with Gasteiger partial charge in [-0.25, -0.2) is 15.5 Å². The molecule has 0 aliphatic rings. The Kier molecular flexibility index (Phi) is 14.5. The number of rotatable bonds is 6. The van der Waals surface area contributed by atoms with E-state index < -0.39 is 23.6 Å². The number of anilines is 1. The van der Waals surface area contributed by atoms with Crippen LogP contribution in [0.5, 0.6) is 0 Å². The van der Waals surface area contributed by atoms with Gasteiger partial charge in [0.1, 0.15) is 5.82 Å². The fourth-order valence-corrected chi connectivity index (χ4v) is 2.22. The van der Waals surface area contributed by atoms with Gasteiger partial charge in [-0.05, 0) is 24.2 Å². The Labute approximate surface area is 197 Å². The Morgan fingerprint density at radius 3 is 2.23 bits per heavy atom. The summed E-state index contributed by atoms with van der Waals surface area (Å²) in [5, 5.41) is 0. The molecule has 0 spiro atoms. The van der Waals surface area contributed by atoms with Crippen LogP contribution < -0.4 is 11.2 Å². The normalized spacial score (nSPS) is 11.6. The summed E-state index contributed by atoms with van der Waals surface area (Å²) in [6, 6.07) is 5.08. The van der Waals surface area contributed by atoms with Crippen molar-refractivity contribution in [2.24, 2.45) is 4.99 Å². The summed E-state index contributed by atoms with van der Waals surface area (Å²) in [4.78, 5) is 20.0. The maximum Gasteiger partial charge on any atom is 2.00 e. The summed E-state index contributed by atoms with van der Waals surface area (Å²) < 4.78 is 51.2. The minimum Gasteiger partial charge on any atom is -0.539 e. The van der Waals surface area contributed by atoms with E-state index in [0.29, 0.717) is 11.3 Å². The first-order chi connectivity index (χ1) is 13.3. The number of aliphatic imine (C=N–C) groups is 1. The number of nitrogens with two attached hydrogens (primary N) is 2. The smallest absolute Gasteiger partial charge is 0.539 e. The third kappa shape index (κ3) is 8.56. The third-order valence-electron chi connectivity index (χ3n) is 3.47. The van der Waals surface area contributed by atoms with Gasteiger partial charge >= 0.3 is 37.3 Å². The Bertz CT molecular complexity index is 813. The van der Waals surface area contributed by atoms with E-state index in [1.807, 2.05) is 13.8 Å². The average Bonchev–Trinajstić information content (AvgIpc) is 2.65. The maximum atomic E-state index is 13.4. The fourth-order valence-electron chi connectivity index (χ4n) is 2.22. The molecule has 10 heteroatoms. The predicted molar refractivity (Wildman–Crippen MR) is 105 cm³/mol. The van der Waals surface area contributed by atoms with Gasteiger partial charge in [-0.1, -0.05) is 31.5 Å². The second-order valence-electron chi connectivity index (χ2n) is 5.27. The number of quaternary nitrogens is 1. The third-order valence-corrected chi connectivity index (χ3v) is 3.47. The first kappa shape index (κ1) is 30.5. The zero-order valence-corrected chi connectivity index (χ0v) is 21.2. The van der Waals surface area contributed by atoms with Crippen molar-refractivity contribution in [1.82, 2.24) is 0 Å². The van der Waals surface area contributed by atoms with Gasteiger partial charge < -0.3 is 22.9 Å². The summed E-state index contributed by atoms with van der Waals surface area (Å²) >= 11 is 0. The first-order valence-electron chi connectivity index (χ1n) is 8.29. The van der Waals surface area contributed by atoms with Crippen molar-refractivity contribution in [2.75, 3.05) is 12.8 Å². The molecule has 0 fully saturated rings. The number of nitrogen functional groups attached to an aromatic ring is 1. The number of hydrogen-bond donors (Lipinski definition) is 2. The Hall–Kier alpha value is -1.73. The molecular weight excluding hydrogens is 628 g/mol. The van der Waals surface area contributed by atoms with Crippen molar-refractivity contribution in [3.8, 4) is 0 Å². The van der Waals surface area contributed by atoms with Gasteiger partial charge in [0.05, 0.1) is 18.2 Å². The summed E-state index contributed by atoms with van der Waals surface area (Å²) in [6.07, 6.45) is -1.60. The van der Waals surface area contributed by atoms with E-state index in [0.717, 1.165) is 30.3 Å². The summed E-state index contributed by atoms with van der Waals surface area (Å²) in [5.41, 5.74) is 7.06. The number of nitrogens with zero attached hydrogens (tertiary/aromatic N) is 1. The molecule has 0 bridgehead atoms. The SMILES string of the molecule is CC.CO[NH2+]c1cc(F)cc(N)c1C=NC([C-]=O)c1ccc(C(F)(F)F)cc1.[CH3-].[U+2]. The molecule has 0 saturated heterocycles. The molecular formula is C20H24F4N3O2U+. The van der Waals surface area contributed by atoms with E-state index in [9.17, 15) is 22.4 Å². The van der Waals surface area contributed by atoms with Crippen LogP contribution in [0, 0.1) is 44.4 Å². The number of alkyl halides is 3. The molecule has 0 aliphatic carbocycles. The van der Waals surface area contributed by atoms with Crippen LogP contribution in [-0.2, 0) is 15.8 Å². The number of hydrogen-bond acceptors (Lipinski definition) is 4. The van der Waals surface area contributed by atoms with Crippen LogP contribution in [0.1, 0.15) is 36.6 Å². The molecule has 2 aromatic carbocycles. The van der Waals surface area contributed by atoms with E-state index in [2.05, 4.69) is 4.99 Å². The van der Waals surface area contributed by atoms with E-state index in [4.69, 9.17) is 10.6 Å². The number of benzene rings is 2. The van der Waals surface area contributed by atoms with Crippen LogP contribution in [0.2, 0.25) is 0 Å². The van der Waals surface area contributed by atoms with Gasteiger partial charge in [-0.3, -0.25) is 0 Å². The van der Waals surface area contributed by atoms with Crippen LogP contribution in [-0.4, -0.2) is 19.6 Å². The number of carbonyl (C=O) groups excluding carboxylic acids is 1. The largest absolute Gasteiger partial charge is 2.00 e. The molecule has 0 aromatic heterocycles. The summed E-state index contributed by atoms with van der Waals surface area (Å²) in [5.74, 6) is -0.579. The molecule has 0 aliphatic heterocycles. The minimum absolute atomic E-state index is 0. The molecule has 5 nitrogen and oxygen atoms in total. The monoisotopic (exact) mass is 652 g/mol. The predicted octanol–water partition coefficient (Wildman–Crippen LogP) is 3.93. The molecule has 1 unspecified atom stereocenters. The molecule has 1 atom stereocenters. The van der Waals surface area contributed by atoms with Crippen molar-refractivity contribution in [2.45, 2.75) is 26.1 Å². The second-order valence-corrected chi connectivity index (χ2v) is 5.27. The van der Waals surface area contributed by atoms with Crippen LogP contribution in [0.25, 0.3) is 0 Å². The first-order valence-corrected chi connectivity index (χ1v) is 8.29. The molecule has 0 heterocycles. The molecule has 2 rings (SSSR count). The molecule has 0 radical (unpaired) electrons. The quantitative estimate of drug-likeness (QED) is 0.163. The van der Waals surface area contributed by atoms with Crippen LogP contribution >= 0.6 is 0 Å². The molecule has 162 valence electrons. The zero-order valence-electron chi connectivity index (χ0n) is 17.0. The Morgan fingerprint density at radius 2 is 1.77 bits per heavy atom. The van der Waals surface area contributed by atoms with E-state index in [1.165, 1.54) is 24.9 Å². The number of halogens is 4. The van der Waals surface area contributed by atoms with Gasteiger partial charge in [-0.2, -0.15) is 18.7 Å². The topological polar surface area (TPSA) is 81.3 Å². The van der Waals surface area contributed by atoms with Crippen molar-refractivity contribution in [1.29, 1.82) is 0 Å². The molecule has 0 saturated carbocycles. The standard InChI is InChI=1S/C17H14F4N3O2.C2H6.CH3.U/c1-26-24-15-7-12(18)6-14(22)13(15)8-23-16(9-25)10-2-4-11(5-3-10)17(19,20)21;1-2;;/h2-8,16,24H,22H2,1H3;1-2H3;1H3;/q-1;;-1;+2/p+1. The maximum absolute atomic E-state index is 13.4. The molecule has 0 amide bonds. The molecule has 30 heavy (non-hydrogen) atoms. The minimum atomic E-state index is -4.48. The van der Waals surface area contributed by atoms with Crippen molar-refractivity contribution in [3.05, 3.63) is 66.3 Å². The second kappa shape index (κ2) is 14.3. The van der Waals surface area contributed by atoms with Crippen LogP contribution in [0.4, 0.5) is 28.9 Å². The van der Waals surface area contributed by atoms with Crippen molar-refractivity contribution < 1.29 is 63.8 Å². The van der Waals surface area contributed by atoms with Crippen molar-refractivity contribution in [3.63, 3.8) is 0 Å².